The smallest absolute Gasteiger partial charge is 0.125 e. The average molecular weight is 175 g/mol. The summed E-state index contributed by atoms with van der Waals surface area (Å²) in [5.41, 5.74) is 6.78. The molecule has 0 unspecified atom stereocenters. The Morgan fingerprint density at radius 3 is 2.92 bits per heavy atom. The molecule has 3 heteroatoms. The Kier molecular flexibility index (Phi) is 1.72. The fourth-order valence-electron chi connectivity index (χ4n) is 1.51. The molecular formula is C10H13N3. The summed E-state index contributed by atoms with van der Waals surface area (Å²) in [5, 5.41) is 1.14. The van der Waals surface area contributed by atoms with Gasteiger partial charge in [-0.05, 0) is 19.9 Å². The molecule has 0 radical (unpaired) electrons. The monoisotopic (exact) mass is 175 g/mol. The van der Waals surface area contributed by atoms with Gasteiger partial charge in [0.25, 0.3) is 0 Å². The molecule has 2 aromatic rings. The van der Waals surface area contributed by atoms with Crippen molar-refractivity contribution in [3.63, 3.8) is 0 Å². The van der Waals surface area contributed by atoms with Crippen LogP contribution in [0.3, 0.4) is 0 Å². The Morgan fingerprint density at radius 2 is 2.23 bits per heavy atom. The third-order valence-corrected chi connectivity index (χ3v) is 2.18. The largest absolute Gasteiger partial charge is 0.384 e. The van der Waals surface area contributed by atoms with Crippen molar-refractivity contribution in [1.29, 1.82) is 0 Å². The quantitative estimate of drug-likeness (QED) is 0.722. The normalized spacial score (nSPS) is 11.3. The Bertz CT molecular complexity index is 429. The molecule has 0 saturated heterocycles. The van der Waals surface area contributed by atoms with Crippen molar-refractivity contribution in [3.8, 4) is 0 Å². The number of anilines is 1. The Labute approximate surface area is 77.2 Å². The van der Waals surface area contributed by atoms with Gasteiger partial charge in [0, 0.05) is 29.9 Å². The zero-order valence-corrected chi connectivity index (χ0v) is 7.86. The molecule has 0 aliphatic heterocycles. The number of hydrogen-bond donors (Lipinski definition) is 1. The highest BCUT2D eigenvalue weighted by atomic mass is 15.0. The summed E-state index contributed by atoms with van der Waals surface area (Å²) in [4.78, 5) is 4.04. The van der Waals surface area contributed by atoms with Gasteiger partial charge in [0.1, 0.15) is 5.82 Å². The number of pyridine rings is 1. The number of nitrogen functional groups attached to an aromatic ring is 1. The van der Waals surface area contributed by atoms with E-state index >= 15 is 0 Å². The van der Waals surface area contributed by atoms with E-state index in [0.29, 0.717) is 11.9 Å². The second-order valence-corrected chi connectivity index (χ2v) is 3.48. The molecule has 0 fully saturated rings. The first-order valence-corrected chi connectivity index (χ1v) is 4.40. The van der Waals surface area contributed by atoms with Crippen molar-refractivity contribution in [2.45, 2.75) is 19.9 Å². The number of fused-ring (bicyclic) bond motifs is 1. The zero-order valence-electron chi connectivity index (χ0n) is 7.86. The van der Waals surface area contributed by atoms with Crippen LogP contribution in [-0.4, -0.2) is 9.55 Å². The van der Waals surface area contributed by atoms with E-state index in [-0.39, 0.29) is 0 Å². The third kappa shape index (κ3) is 1.26. The van der Waals surface area contributed by atoms with E-state index in [2.05, 4.69) is 35.7 Å². The van der Waals surface area contributed by atoms with Gasteiger partial charge in [0.05, 0.1) is 5.52 Å². The van der Waals surface area contributed by atoms with Gasteiger partial charge in [-0.15, -0.1) is 0 Å². The third-order valence-electron chi connectivity index (χ3n) is 2.18. The van der Waals surface area contributed by atoms with E-state index in [0.717, 1.165) is 10.9 Å². The molecule has 0 atom stereocenters. The molecule has 2 aromatic heterocycles. The summed E-state index contributed by atoms with van der Waals surface area (Å²) < 4.78 is 2.19. The molecule has 0 amide bonds. The summed E-state index contributed by atoms with van der Waals surface area (Å²) in [6.07, 6.45) is 3.88. The lowest BCUT2D eigenvalue weighted by molar-refractivity contribution is 0.623. The SMILES string of the molecule is CC(C)n1ccc2cnc(N)cc21. The van der Waals surface area contributed by atoms with Crippen LogP contribution in [0.5, 0.6) is 0 Å². The minimum absolute atomic E-state index is 0.458. The standard InChI is InChI=1S/C10H13N3/c1-7(2)13-4-3-8-6-12-10(11)5-9(8)13/h3-7H,1-2H3,(H2,11,12). The summed E-state index contributed by atoms with van der Waals surface area (Å²) >= 11 is 0. The molecule has 0 bridgehead atoms. The first-order chi connectivity index (χ1) is 6.18. The molecule has 2 rings (SSSR count). The second kappa shape index (κ2) is 2.76. The lowest BCUT2D eigenvalue weighted by Gasteiger charge is -2.08. The lowest BCUT2D eigenvalue weighted by Crippen LogP contribution is -1.99. The van der Waals surface area contributed by atoms with Crippen LogP contribution in [0.15, 0.2) is 24.5 Å². The van der Waals surface area contributed by atoms with Gasteiger partial charge in [-0.2, -0.15) is 0 Å². The van der Waals surface area contributed by atoms with Crippen LogP contribution in [0, 0.1) is 0 Å². The number of nitrogens with two attached hydrogens (primary N) is 1. The van der Waals surface area contributed by atoms with E-state index in [1.54, 1.807) is 0 Å². The average Bonchev–Trinajstić information content (AvgIpc) is 2.46. The van der Waals surface area contributed by atoms with Crippen LogP contribution < -0.4 is 5.73 Å². The highest BCUT2D eigenvalue weighted by Gasteiger charge is 2.03. The van der Waals surface area contributed by atoms with Gasteiger partial charge in [0.15, 0.2) is 0 Å². The summed E-state index contributed by atoms with van der Waals surface area (Å²) in [7, 11) is 0. The van der Waals surface area contributed by atoms with Crippen molar-refractivity contribution >= 4 is 16.7 Å². The minimum atomic E-state index is 0.458. The fourth-order valence-corrected chi connectivity index (χ4v) is 1.51. The molecule has 0 spiro atoms. The maximum Gasteiger partial charge on any atom is 0.125 e. The molecule has 2 heterocycles. The molecule has 0 aliphatic carbocycles. The maximum atomic E-state index is 5.63. The van der Waals surface area contributed by atoms with E-state index in [1.165, 1.54) is 0 Å². The van der Waals surface area contributed by atoms with Gasteiger partial charge < -0.3 is 10.3 Å². The first kappa shape index (κ1) is 8.10. The van der Waals surface area contributed by atoms with Crippen LogP contribution in [-0.2, 0) is 0 Å². The molecule has 0 aromatic carbocycles. The highest BCUT2D eigenvalue weighted by molar-refractivity contribution is 5.81. The van der Waals surface area contributed by atoms with E-state index in [1.807, 2.05) is 12.3 Å². The predicted octanol–water partition coefficient (Wildman–Crippen LogP) is 2.20. The molecule has 3 nitrogen and oxygen atoms in total. The van der Waals surface area contributed by atoms with Gasteiger partial charge in [-0.1, -0.05) is 0 Å². The van der Waals surface area contributed by atoms with Crippen LogP contribution in [0.25, 0.3) is 10.9 Å². The zero-order chi connectivity index (χ0) is 9.42. The summed E-state index contributed by atoms with van der Waals surface area (Å²) in [6, 6.07) is 4.43. The van der Waals surface area contributed by atoms with Crippen LogP contribution in [0.2, 0.25) is 0 Å². The van der Waals surface area contributed by atoms with Gasteiger partial charge in [-0.25, -0.2) is 4.98 Å². The molecule has 0 saturated carbocycles. The molecular weight excluding hydrogens is 162 g/mol. The predicted molar refractivity (Wildman–Crippen MR) is 54.5 cm³/mol. The van der Waals surface area contributed by atoms with Crippen molar-refractivity contribution in [1.82, 2.24) is 9.55 Å². The van der Waals surface area contributed by atoms with Gasteiger partial charge in [-0.3, -0.25) is 0 Å². The van der Waals surface area contributed by atoms with Crippen LogP contribution in [0.4, 0.5) is 5.82 Å². The number of rotatable bonds is 1. The number of nitrogens with zero attached hydrogens (tertiary/aromatic N) is 2. The van der Waals surface area contributed by atoms with Crippen molar-refractivity contribution in [2.75, 3.05) is 5.73 Å². The van der Waals surface area contributed by atoms with Crippen molar-refractivity contribution in [3.05, 3.63) is 24.5 Å². The van der Waals surface area contributed by atoms with Crippen molar-refractivity contribution in [2.24, 2.45) is 0 Å². The van der Waals surface area contributed by atoms with E-state index in [4.69, 9.17) is 5.73 Å². The van der Waals surface area contributed by atoms with Crippen LogP contribution in [0.1, 0.15) is 19.9 Å². The summed E-state index contributed by atoms with van der Waals surface area (Å²) in [5.74, 6) is 0.577. The number of hydrogen-bond acceptors (Lipinski definition) is 2. The number of aromatic nitrogens is 2. The van der Waals surface area contributed by atoms with E-state index < -0.39 is 0 Å². The highest BCUT2D eigenvalue weighted by Crippen LogP contribution is 2.20. The van der Waals surface area contributed by atoms with Crippen LogP contribution >= 0.6 is 0 Å². The summed E-state index contributed by atoms with van der Waals surface area (Å²) in [6.45, 7) is 4.30. The van der Waals surface area contributed by atoms with Gasteiger partial charge >= 0.3 is 0 Å². The molecule has 13 heavy (non-hydrogen) atoms. The molecule has 0 aliphatic rings. The lowest BCUT2D eigenvalue weighted by atomic mass is 10.3. The fraction of sp³-hybridized carbons (Fsp3) is 0.300. The Balaban J connectivity index is 2.71. The Morgan fingerprint density at radius 1 is 1.46 bits per heavy atom. The molecule has 68 valence electrons. The molecule has 2 N–H and O–H groups in total. The first-order valence-electron chi connectivity index (χ1n) is 4.40. The second-order valence-electron chi connectivity index (χ2n) is 3.48. The Hall–Kier alpha value is -1.51. The van der Waals surface area contributed by atoms with E-state index in [9.17, 15) is 0 Å². The minimum Gasteiger partial charge on any atom is -0.384 e. The maximum absolute atomic E-state index is 5.63. The topological polar surface area (TPSA) is 43.8 Å². The van der Waals surface area contributed by atoms with Gasteiger partial charge in [0.2, 0.25) is 0 Å². The van der Waals surface area contributed by atoms with Crippen molar-refractivity contribution < 1.29 is 0 Å².